The Bertz CT molecular complexity index is 1020. The summed E-state index contributed by atoms with van der Waals surface area (Å²) in [6.45, 7) is 6.27. The van der Waals surface area contributed by atoms with Crippen LogP contribution >= 0.6 is 0 Å². The van der Waals surface area contributed by atoms with Gasteiger partial charge in [0.15, 0.2) is 0 Å². The molecule has 1 aromatic heterocycles. The molecule has 136 valence electrons. The summed E-state index contributed by atoms with van der Waals surface area (Å²) < 4.78 is 29.9. The highest BCUT2D eigenvalue weighted by Crippen LogP contribution is 2.39. The third kappa shape index (κ3) is 3.86. The van der Waals surface area contributed by atoms with Gasteiger partial charge in [-0.15, -0.1) is 0 Å². The molecule has 2 aromatic carbocycles. The highest BCUT2D eigenvalue weighted by Gasteiger charge is 2.27. The Kier molecular flexibility index (Phi) is 4.73. The number of primary sulfonamides is 1. The maximum Gasteiger partial charge on any atom is 0.238 e. The fourth-order valence-electron chi connectivity index (χ4n) is 2.92. The maximum atomic E-state index is 12.1. The Labute approximate surface area is 153 Å². The zero-order chi connectivity index (χ0) is 18.9. The van der Waals surface area contributed by atoms with Gasteiger partial charge in [0.2, 0.25) is 10.0 Å². The van der Waals surface area contributed by atoms with Gasteiger partial charge in [-0.2, -0.15) is 0 Å². The van der Waals surface area contributed by atoms with E-state index in [1.807, 2.05) is 30.3 Å². The van der Waals surface area contributed by atoms with Crippen molar-refractivity contribution in [2.75, 3.05) is 0 Å². The minimum atomic E-state index is -3.89. The van der Waals surface area contributed by atoms with Crippen molar-refractivity contribution in [3.05, 3.63) is 60.4 Å². The molecule has 0 aliphatic heterocycles. The van der Waals surface area contributed by atoms with Crippen LogP contribution in [-0.4, -0.2) is 13.6 Å². The second kappa shape index (κ2) is 6.70. The fourth-order valence-corrected chi connectivity index (χ4v) is 3.66. The van der Waals surface area contributed by atoms with Crippen LogP contribution in [0.5, 0.6) is 0 Å². The number of aromatic nitrogens is 1. The van der Waals surface area contributed by atoms with Crippen LogP contribution in [-0.2, 0) is 16.4 Å². The van der Waals surface area contributed by atoms with Crippen LogP contribution in [0.4, 0.5) is 0 Å². The molecule has 6 heteroatoms. The molecule has 0 aliphatic rings. The summed E-state index contributed by atoms with van der Waals surface area (Å²) in [5.41, 5.74) is 2.60. The predicted molar refractivity (Wildman–Crippen MR) is 102 cm³/mol. The first kappa shape index (κ1) is 18.4. The summed E-state index contributed by atoms with van der Waals surface area (Å²) in [6, 6.07) is 16.2. The number of hydrogen-bond donors (Lipinski definition) is 1. The molecule has 26 heavy (non-hydrogen) atoms. The van der Waals surface area contributed by atoms with E-state index in [0.717, 1.165) is 5.56 Å². The second-order valence-corrected chi connectivity index (χ2v) is 9.00. The van der Waals surface area contributed by atoms with Crippen LogP contribution in [0.3, 0.4) is 0 Å². The molecule has 0 radical (unpaired) electrons. The summed E-state index contributed by atoms with van der Waals surface area (Å²) in [5, 5.41) is 9.71. The lowest BCUT2D eigenvalue weighted by molar-refractivity contribution is 0.322. The number of sulfonamides is 1. The average Bonchev–Trinajstić information content (AvgIpc) is 2.96. The molecular formula is C20H22N2O3S. The van der Waals surface area contributed by atoms with E-state index < -0.39 is 10.0 Å². The minimum absolute atomic E-state index is 0.0568. The molecule has 0 saturated carbocycles. The van der Waals surface area contributed by atoms with Crippen LogP contribution in [0.15, 0.2) is 64.0 Å². The Balaban J connectivity index is 2.31. The van der Waals surface area contributed by atoms with Gasteiger partial charge in [-0.1, -0.05) is 74.5 Å². The van der Waals surface area contributed by atoms with Gasteiger partial charge in [0.1, 0.15) is 11.5 Å². The van der Waals surface area contributed by atoms with Crippen LogP contribution in [0, 0.1) is 5.41 Å². The SMILES string of the molecule is CC(C)(C)Cc1onc(-c2ccccc2)c1-c1ccccc1S(N)(=O)=O. The van der Waals surface area contributed by atoms with E-state index in [2.05, 4.69) is 25.9 Å². The number of nitrogens with two attached hydrogens (primary N) is 1. The highest BCUT2D eigenvalue weighted by atomic mass is 32.2. The van der Waals surface area contributed by atoms with Gasteiger partial charge < -0.3 is 4.52 Å². The van der Waals surface area contributed by atoms with Crippen molar-refractivity contribution >= 4 is 10.0 Å². The first-order valence-electron chi connectivity index (χ1n) is 8.33. The van der Waals surface area contributed by atoms with E-state index in [9.17, 15) is 8.42 Å². The van der Waals surface area contributed by atoms with Crippen molar-refractivity contribution in [2.24, 2.45) is 10.6 Å². The number of hydrogen-bond acceptors (Lipinski definition) is 4. The van der Waals surface area contributed by atoms with Crippen LogP contribution in [0.25, 0.3) is 22.4 Å². The van der Waals surface area contributed by atoms with Crippen LogP contribution < -0.4 is 5.14 Å². The Morgan fingerprint density at radius 3 is 2.23 bits per heavy atom. The van der Waals surface area contributed by atoms with Gasteiger partial charge in [-0.3, -0.25) is 0 Å². The summed E-state index contributed by atoms with van der Waals surface area (Å²) in [4.78, 5) is 0.0653. The molecule has 0 spiro atoms. The molecule has 0 fully saturated rings. The maximum absolute atomic E-state index is 12.1. The van der Waals surface area contributed by atoms with Crippen molar-refractivity contribution in [2.45, 2.75) is 32.1 Å². The van der Waals surface area contributed by atoms with E-state index in [1.165, 1.54) is 6.07 Å². The first-order valence-corrected chi connectivity index (χ1v) is 9.87. The summed E-state index contributed by atoms with van der Waals surface area (Å²) in [7, 11) is -3.89. The Morgan fingerprint density at radius 2 is 1.62 bits per heavy atom. The molecule has 0 atom stereocenters. The summed E-state index contributed by atoms with van der Waals surface area (Å²) in [6.07, 6.45) is 0.612. The molecule has 1 heterocycles. The van der Waals surface area contributed by atoms with Gasteiger partial charge in [0.05, 0.1) is 10.5 Å². The van der Waals surface area contributed by atoms with E-state index in [0.29, 0.717) is 29.0 Å². The number of nitrogens with zero attached hydrogens (tertiary/aromatic N) is 1. The molecule has 0 unspecified atom stereocenters. The van der Waals surface area contributed by atoms with Gasteiger partial charge in [0, 0.05) is 17.5 Å². The van der Waals surface area contributed by atoms with Gasteiger partial charge in [-0.05, 0) is 11.5 Å². The molecule has 0 aliphatic carbocycles. The van der Waals surface area contributed by atoms with E-state index in [4.69, 9.17) is 9.66 Å². The molecule has 0 bridgehead atoms. The second-order valence-electron chi connectivity index (χ2n) is 7.47. The highest BCUT2D eigenvalue weighted by molar-refractivity contribution is 7.89. The quantitative estimate of drug-likeness (QED) is 0.744. The minimum Gasteiger partial charge on any atom is -0.360 e. The standard InChI is InChI=1S/C20H22N2O3S/c1-20(2,3)13-16-18(15-11-7-8-12-17(15)26(21,23)24)19(22-25-16)14-9-5-4-6-10-14/h4-12H,13H2,1-3H3,(H2,21,23,24). The van der Waals surface area contributed by atoms with Crippen molar-refractivity contribution in [1.29, 1.82) is 0 Å². The molecule has 2 N–H and O–H groups in total. The van der Waals surface area contributed by atoms with Gasteiger partial charge >= 0.3 is 0 Å². The lowest BCUT2D eigenvalue weighted by Crippen LogP contribution is -2.14. The number of benzene rings is 2. The van der Waals surface area contributed by atoms with Crippen LogP contribution in [0.2, 0.25) is 0 Å². The number of rotatable bonds is 4. The van der Waals surface area contributed by atoms with Crippen molar-refractivity contribution < 1.29 is 12.9 Å². The lowest BCUT2D eigenvalue weighted by atomic mass is 9.87. The average molecular weight is 370 g/mol. The van der Waals surface area contributed by atoms with Gasteiger partial charge in [0.25, 0.3) is 0 Å². The topological polar surface area (TPSA) is 86.2 Å². The lowest BCUT2D eigenvalue weighted by Gasteiger charge is -2.17. The van der Waals surface area contributed by atoms with Gasteiger partial charge in [-0.25, -0.2) is 13.6 Å². The first-order chi connectivity index (χ1) is 12.2. The van der Waals surface area contributed by atoms with Crippen molar-refractivity contribution in [3.8, 4) is 22.4 Å². The predicted octanol–water partition coefficient (Wildman–Crippen LogP) is 4.24. The molecule has 3 rings (SSSR count). The van der Waals surface area contributed by atoms with E-state index in [1.54, 1.807) is 18.2 Å². The fraction of sp³-hybridized carbons (Fsp3) is 0.250. The molecule has 5 nitrogen and oxygen atoms in total. The molecular weight excluding hydrogens is 348 g/mol. The van der Waals surface area contributed by atoms with E-state index in [-0.39, 0.29) is 10.3 Å². The van der Waals surface area contributed by atoms with Crippen molar-refractivity contribution in [1.82, 2.24) is 5.16 Å². The summed E-state index contributed by atoms with van der Waals surface area (Å²) >= 11 is 0. The monoisotopic (exact) mass is 370 g/mol. The molecule has 0 amide bonds. The van der Waals surface area contributed by atoms with E-state index >= 15 is 0 Å². The van der Waals surface area contributed by atoms with Crippen LogP contribution in [0.1, 0.15) is 26.5 Å². The zero-order valence-corrected chi connectivity index (χ0v) is 15.9. The Hall–Kier alpha value is -2.44. The normalized spacial score (nSPS) is 12.3. The third-order valence-corrected chi connectivity index (χ3v) is 4.93. The van der Waals surface area contributed by atoms with Crippen molar-refractivity contribution in [3.63, 3.8) is 0 Å². The molecule has 3 aromatic rings. The largest absolute Gasteiger partial charge is 0.360 e. The smallest absolute Gasteiger partial charge is 0.238 e. The third-order valence-electron chi connectivity index (χ3n) is 3.96. The zero-order valence-electron chi connectivity index (χ0n) is 15.1. The summed E-state index contributed by atoms with van der Waals surface area (Å²) in [5.74, 6) is 0.646. The molecule has 0 saturated heterocycles. The Morgan fingerprint density at radius 1 is 1.00 bits per heavy atom.